The molecular weight excluding hydrogens is 370 g/mol. The van der Waals surface area contributed by atoms with Gasteiger partial charge in [-0.3, -0.25) is 14.9 Å². The zero-order valence-electron chi connectivity index (χ0n) is 15.9. The van der Waals surface area contributed by atoms with Crippen LogP contribution in [0.3, 0.4) is 0 Å². The standard InChI is InChI=1S/C22H19N3O4/c1-13-6-5-9-18(14(13)2)24-19-8-4-3-7-16(19)22(27)23-21(24)17-12-15(25(28)29)10-11-20(17)26/h3-12,21,26H,1-2H3,(H,23,27). The van der Waals surface area contributed by atoms with Gasteiger partial charge in [0.05, 0.1) is 16.2 Å². The number of carbonyl (C=O) groups is 1. The van der Waals surface area contributed by atoms with E-state index >= 15 is 0 Å². The Morgan fingerprint density at radius 1 is 1.03 bits per heavy atom. The van der Waals surface area contributed by atoms with Crippen LogP contribution in [0.4, 0.5) is 17.1 Å². The number of fused-ring (bicyclic) bond motifs is 1. The molecule has 1 aliphatic heterocycles. The molecule has 1 atom stereocenters. The van der Waals surface area contributed by atoms with Crippen molar-refractivity contribution < 1.29 is 14.8 Å². The highest BCUT2D eigenvalue weighted by Crippen LogP contribution is 2.43. The molecule has 4 rings (SSSR count). The summed E-state index contributed by atoms with van der Waals surface area (Å²) in [6.07, 6.45) is -0.808. The molecule has 1 aliphatic rings. The first-order chi connectivity index (χ1) is 13.9. The van der Waals surface area contributed by atoms with Crippen molar-refractivity contribution in [1.29, 1.82) is 0 Å². The summed E-state index contributed by atoms with van der Waals surface area (Å²) in [5.41, 5.74) is 4.17. The van der Waals surface area contributed by atoms with Gasteiger partial charge in [0.15, 0.2) is 0 Å². The van der Waals surface area contributed by atoms with E-state index in [1.54, 1.807) is 12.1 Å². The highest BCUT2D eigenvalue weighted by atomic mass is 16.6. The van der Waals surface area contributed by atoms with Crippen LogP contribution >= 0.6 is 0 Å². The van der Waals surface area contributed by atoms with Gasteiger partial charge in [-0.1, -0.05) is 24.3 Å². The minimum Gasteiger partial charge on any atom is -0.508 e. The first kappa shape index (κ1) is 18.5. The first-order valence-electron chi connectivity index (χ1n) is 9.11. The number of nitrogens with one attached hydrogen (secondary N) is 1. The summed E-state index contributed by atoms with van der Waals surface area (Å²) < 4.78 is 0. The van der Waals surface area contributed by atoms with Crippen molar-refractivity contribution in [2.24, 2.45) is 0 Å². The minimum absolute atomic E-state index is 0.129. The third kappa shape index (κ3) is 3.06. The molecule has 29 heavy (non-hydrogen) atoms. The highest BCUT2D eigenvalue weighted by Gasteiger charge is 2.35. The van der Waals surface area contributed by atoms with E-state index < -0.39 is 11.1 Å². The lowest BCUT2D eigenvalue weighted by molar-refractivity contribution is -0.385. The molecule has 0 saturated carbocycles. The van der Waals surface area contributed by atoms with E-state index in [4.69, 9.17) is 0 Å². The fourth-order valence-electron chi connectivity index (χ4n) is 3.64. The van der Waals surface area contributed by atoms with Crippen LogP contribution in [0.15, 0.2) is 60.7 Å². The first-order valence-corrected chi connectivity index (χ1v) is 9.11. The maximum absolute atomic E-state index is 12.8. The zero-order valence-corrected chi connectivity index (χ0v) is 15.9. The number of anilines is 2. The zero-order chi connectivity index (χ0) is 20.7. The molecule has 1 unspecified atom stereocenters. The Labute approximate surface area is 167 Å². The average molecular weight is 389 g/mol. The normalized spacial score (nSPS) is 15.6. The van der Waals surface area contributed by atoms with Crippen molar-refractivity contribution in [2.75, 3.05) is 4.90 Å². The molecule has 0 bridgehead atoms. The van der Waals surface area contributed by atoms with Crippen molar-refractivity contribution >= 4 is 23.0 Å². The molecule has 7 nitrogen and oxygen atoms in total. The van der Waals surface area contributed by atoms with Crippen LogP contribution in [0.1, 0.15) is 33.2 Å². The third-order valence-corrected chi connectivity index (χ3v) is 5.29. The molecule has 2 N–H and O–H groups in total. The number of hydrogen-bond donors (Lipinski definition) is 2. The number of aryl methyl sites for hydroxylation is 1. The third-order valence-electron chi connectivity index (χ3n) is 5.29. The van der Waals surface area contributed by atoms with Gasteiger partial charge in [0, 0.05) is 23.4 Å². The van der Waals surface area contributed by atoms with Crippen molar-refractivity contribution in [3.05, 3.63) is 93.0 Å². The lowest BCUT2D eigenvalue weighted by Gasteiger charge is -2.40. The van der Waals surface area contributed by atoms with Gasteiger partial charge in [-0.2, -0.15) is 0 Å². The maximum atomic E-state index is 12.8. The number of rotatable bonds is 3. The molecule has 1 heterocycles. The molecule has 3 aromatic carbocycles. The van der Waals surface area contributed by atoms with Crippen molar-refractivity contribution in [3.8, 4) is 5.75 Å². The van der Waals surface area contributed by atoms with Gasteiger partial charge in [0.2, 0.25) is 0 Å². The van der Waals surface area contributed by atoms with Gasteiger partial charge in [0.1, 0.15) is 11.9 Å². The van der Waals surface area contributed by atoms with Gasteiger partial charge in [-0.15, -0.1) is 0 Å². The Bertz CT molecular complexity index is 1140. The van der Waals surface area contributed by atoms with Crippen LogP contribution < -0.4 is 10.2 Å². The van der Waals surface area contributed by atoms with Gasteiger partial charge in [0.25, 0.3) is 11.6 Å². The maximum Gasteiger partial charge on any atom is 0.270 e. The minimum atomic E-state index is -0.808. The number of nitrogens with zero attached hydrogens (tertiary/aromatic N) is 2. The summed E-state index contributed by atoms with van der Waals surface area (Å²) in [7, 11) is 0. The van der Waals surface area contributed by atoms with E-state index in [9.17, 15) is 20.0 Å². The number of hydrogen-bond acceptors (Lipinski definition) is 5. The number of amides is 1. The number of benzene rings is 3. The van der Waals surface area contributed by atoms with Crippen molar-refractivity contribution in [3.63, 3.8) is 0 Å². The molecule has 0 saturated heterocycles. The number of nitro groups is 1. The summed E-state index contributed by atoms with van der Waals surface area (Å²) in [4.78, 5) is 25.4. The number of non-ortho nitro benzene ring substituents is 1. The number of aromatic hydroxyl groups is 1. The fraction of sp³-hybridized carbons (Fsp3) is 0.136. The predicted molar refractivity (Wildman–Crippen MR) is 109 cm³/mol. The van der Waals surface area contributed by atoms with E-state index in [-0.39, 0.29) is 22.9 Å². The molecule has 146 valence electrons. The van der Waals surface area contributed by atoms with Gasteiger partial charge < -0.3 is 15.3 Å². The lowest BCUT2D eigenvalue weighted by atomic mass is 9.99. The van der Waals surface area contributed by atoms with Gasteiger partial charge in [-0.25, -0.2) is 0 Å². The van der Waals surface area contributed by atoms with Crippen LogP contribution in [0.25, 0.3) is 0 Å². The number of phenols is 1. The van der Waals surface area contributed by atoms with Crippen molar-refractivity contribution in [1.82, 2.24) is 5.32 Å². The lowest BCUT2D eigenvalue weighted by Crippen LogP contribution is -2.44. The molecule has 3 aromatic rings. The number of carbonyl (C=O) groups excluding carboxylic acids is 1. The van der Waals surface area contributed by atoms with E-state index in [0.717, 1.165) is 16.8 Å². The molecule has 1 amide bonds. The van der Waals surface area contributed by atoms with E-state index in [0.29, 0.717) is 11.3 Å². The molecule has 0 fully saturated rings. The number of phenolic OH excluding ortho intramolecular Hbond substituents is 1. The molecule has 0 aromatic heterocycles. The highest BCUT2D eigenvalue weighted by molar-refractivity contribution is 6.03. The summed E-state index contributed by atoms with van der Waals surface area (Å²) in [6, 6.07) is 16.8. The molecule has 0 aliphatic carbocycles. The fourth-order valence-corrected chi connectivity index (χ4v) is 3.64. The topological polar surface area (TPSA) is 95.7 Å². The monoisotopic (exact) mass is 389 g/mol. The van der Waals surface area contributed by atoms with E-state index in [1.165, 1.54) is 18.2 Å². The Kier molecular flexibility index (Phi) is 4.43. The van der Waals surface area contributed by atoms with Crippen LogP contribution in [-0.4, -0.2) is 15.9 Å². The Balaban J connectivity index is 1.98. The summed E-state index contributed by atoms with van der Waals surface area (Å²) in [6.45, 7) is 3.97. The van der Waals surface area contributed by atoms with Crippen molar-refractivity contribution in [2.45, 2.75) is 20.0 Å². The van der Waals surface area contributed by atoms with Crippen LogP contribution in [0, 0.1) is 24.0 Å². The van der Waals surface area contributed by atoms with E-state index in [2.05, 4.69) is 5.32 Å². The molecule has 7 heteroatoms. The SMILES string of the molecule is Cc1cccc(N2c3ccccc3C(=O)NC2c2cc([N+](=O)[O-])ccc2O)c1C. The molecule has 0 spiro atoms. The average Bonchev–Trinajstić information content (AvgIpc) is 2.71. The summed E-state index contributed by atoms with van der Waals surface area (Å²) >= 11 is 0. The largest absolute Gasteiger partial charge is 0.508 e. The summed E-state index contributed by atoms with van der Waals surface area (Å²) in [5.74, 6) is -0.436. The number of para-hydroxylation sites is 1. The Morgan fingerprint density at radius 3 is 2.52 bits per heavy atom. The molecule has 0 radical (unpaired) electrons. The predicted octanol–water partition coefficient (Wildman–Crippen LogP) is 4.50. The van der Waals surface area contributed by atoms with E-state index in [1.807, 2.05) is 49.1 Å². The Morgan fingerprint density at radius 2 is 1.76 bits per heavy atom. The van der Waals surface area contributed by atoms with Crippen LogP contribution in [0.2, 0.25) is 0 Å². The smallest absolute Gasteiger partial charge is 0.270 e. The molecular formula is C22H19N3O4. The second-order valence-corrected chi connectivity index (χ2v) is 6.98. The summed E-state index contributed by atoms with van der Waals surface area (Å²) in [5, 5.41) is 24.7. The van der Waals surface area contributed by atoms with Gasteiger partial charge in [-0.05, 0) is 49.2 Å². The van der Waals surface area contributed by atoms with Gasteiger partial charge >= 0.3 is 0 Å². The van der Waals surface area contributed by atoms with Crippen LogP contribution in [0.5, 0.6) is 5.75 Å². The second kappa shape index (κ2) is 6.94. The van der Waals surface area contributed by atoms with Crippen LogP contribution in [-0.2, 0) is 0 Å². The quantitative estimate of drug-likeness (QED) is 0.508. The number of nitro benzene ring substituents is 1. The Hall–Kier alpha value is -3.87. The second-order valence-electron chi connectivity index (χ2n) is 6.98.